The van der Waals surface area contributed by atoms with Gasteiger partial charge in [-0.1, -0.05) is 28.1 Å². The molecule has 3 rings (SSSR count). The zero-order valence-corrected chi connectivity index (χ0v) is 22.5. The number of aliphatic carboxylic acids is 1. The highest BCUT2D eigenvalue weighted by atomic mass is 35.5. The summed E-state index contributed by atoms with van der Waals surface area (Å²) in [6.45, 7) is 0.533. The van der Waals surface area contributed by atoms with E-state index >= 15 is 0 Å². The number of nitrogens with one attached hydrogen (secondary N) is 3. The van der Waals surface area contributed by atoms with Crippen LogP contribution in [0, 0.1) is 0 Å². The number of hydrogen-bond donors (Lipinski definition) is 8. The Hall–Kier alpha value is -4.27. The predicted molar refractivity (Wildman–Crippen MR) is 139 cm³/mol. The number of aromatic hydroxyl groups is 1. The van der Waals surface area contributed by atoms with Crippen molar-refractivity contribution in [3.8, 4) is 5.75 Å². The number of oxime groups is 1. The lowest BCUT2D eigenvalue weighted by molar-refractivity contribution is -0.149. The molecule has 3 heterocycles. The molecular formula is C19H21ClN8O10S2. The number of thiazole rings is 1. The number of amides is 4. The Bertz CT molecular complexity index is 1420. The molecule has 40 heavy (non-hydrogen) atoms. The molecule has 0 aromatic carbocycles. The zero-order chi connectivity index (χ0) is 29.7. The minimum absolute atomic E-state index is 0.0343. The van der Waals surface area contributed by atoms with Crippen LogP contribution in [0.4, 0.5) is 9.93 Å². The first-order valence-electron chi connectivity index (χ1n) is 10.8. The molecule has 1 aliphatic heterocycles. The number of rotatable bonds is 11. The molecule has 216 valence electrons. The van der Waals surface area contributed by atoms with E-state index in [1.165, 1.54) is 0 Å². The number of nitrogen functional groups attached to an aromatic ring is 1. The van der Waals surface area contributed by atoms with Crippen molar-refractivity contribution in [2.45, 2.75) is 31.7 Å². The van der Waals surface area contributed by atoms with Gasteiger partial charge in [0.1, 0.15) is 28.3 Å². The largest absolute Gasteiger partial charge is 0.503 e. The topological polar surface area (TPSA) is 271 Å². The number of anilines is 1. The highest BCUT2D eigenvalue weighted by Gasteiger charge is 2.49. The highest BCUT2D eigenvalue weighted by Crippen LogP contribution is 2.28. The lowest BCUT2D eigenvalue weighted by atomic mass is 9.98. The number of halogens is 1. The summed E-state index contributed by atoms with van der Waals surface area (Å²) in [4.78, 5) is 69.1. The molecule has 2 aromatic rings. The van der Waals surface area contributed by atoms with Crippen LogP contribution >= 0.6 is 35.2 Å². The van der Waals surface area contributed by atoms with Crippen LogP contribution in [0.3, 0.4) is 0 Å². The van der Waals surface area contributed by atoms with Crippen LogP contribution in [0.1, 0.15) is 18.3 Å². The Labute approximate surface area is 236 Å². The summed E-state index contributed by atoms with van der Waals surface area (Å²) in [5.41, 5.74) is 3.97. The predicted octanol–water partition coefficient (Wildman–Crippen LogP) is -1.01. The van der Waals surface area contributed by atoms with Crippen LogP contribution in [0.5, 0.6) is 5.75 Å². The van der Waals surface area contributed by atoms with Gasteiger partial charge >= 0.3 is 12.0 Å². The first-order valence-corrected chi connectivity index (χ1v) is 12.8. The summed E-state index contributed by atoms with van der Waals surface area (Å²) in [6.07, 6.45) is -0.708. The number of carboxylic acids is 1. The zero-order valence-electron chi connectivity index (χ0n) is 20.1. The Morgan fingerprint density at radius 1 is 1.35 bits per heavy atom. The monoisotopic (exact) mass is 620 g/mol. The summed E-state index contributed by atoms with van der Waals surface area (Å²) >= 11 is 6.92. The van der Waals surface area contributed by atoms with Crippen molar-refractivity contribution in [1.29, 1.82) is 0 Å². The number of nitrogens with two attached hydrogens (primary N) is 1. The van der Waals surface area contributed by atoms with Crippen LogP contribution < -0.4 is 27.1 Å². The van der Waals surface area contributed by atoms with E-state index in [1.54, 1.807) is 0 Å². The number of carbonyl (C=O) groups is 4. The highest BCUT2D eigenvalue weighted by molar-refractivity contribution is 7.92. The number of hydrogen-bond acceptors (Lipinski definition) is 14. The maximum atomic E-state index is 13.0. The van der Waals surface area contributed by atoms with Crippen LogP contribution in [0.2, 0.25) is 4.34 Å². The number of nitrogens with zero attached hydrogens (tertiary/aromatic N) is 4. The van der Waals surface area contributed by atoms with E-state index in [9.17, 15) is 38.8 Å². The molecule has 2 aromatic heterocycles. The third kappa shape index (κ3) is 6.83. The van der Waals surface area contributed by atoms with E-state index in [-0.39, 0.29) is 46.2 Å². The Morgan fingerprint density at radius 3 is 2.65 bits per heavy atom. The second kappa shape index (κ2) is 12.7. The van der Waals surface area contributed by atoms with E-state index in [4.69, 9.17) is 27.3 Å². The number of carboxylic acid groups (broad SMARTS) is 1. The van der Waals surface area contributed by atoms with Gasteiger partial charge in [0.05, 0.1) is 24.5 Å². The molecular weight excluding hydrogens is 600 g/mol. The molecule has 1 fully saturated rings. The van der Waals surface area contributed by atoms with Crippen molar-refractivity contribution >= 4 is 69.8 Å². The molecule has 0 spiro atoms. The summed E-state index contributed by atoms with van der Waals surface area (Å²) in [7, 11) is 0. The fraction of sp³-hybridized carbons (Fsp3) is 0.316. The van der Waals surface area contributed by atoms with Crippen LogP contribution in [0.15, 0.2) is 22.2 Å². The minimum atomic E-state index is -1.46. The molecule has 0 bridgehead atoms. The third-order valence-electron chi connectivity index (χ3n) is 5.23. The molecule has 9 N–H and O–H groups in total. The van der Waals surface area contributed by atoms with E-state index in [0.29, 0.717) is 4.73 Å². The van der Waals surface area contributed by atoms with Gasteiger partial charge in [-0.3, -0.25) is 18.7 Å². The Kier molecular flexibility index (Phi) is 9.63. The van der Waals surface area contributed by atoms with Gasteiger partial charge < -0.3 is 46.5 Å². The molecule has 4 amide bonds. The standard InChI is InChI=1S/C19H21ClN8O10S2/c1-6(17(33)34)38-26-13(12-14(20)39-18(21)25-12)15(31)24-11-8(28(40-37)16(11)32)4-23-19(35)22-3-7-2-9(29)10(30)5-27(7)36/h2,5-6,8,11,30,36-37H,3-4H2,1H3,(H2,21,25)(H,24,31)(H,33,34)(H2,22,23,35)/b26-13-/t6?,8-,11?/m1/s1. The number of β-lactam (4-membered cyclic amide) rings is 1. The Balaban J connectivity index is 1.68. The summed E-state index contributed by atoms with van der Waals surface area (Å²) in [5, 5.41) is 38.6. The molecule has 18 nitrogen and oxygen atoms in total. The average molecular weight is 621 g/mol. The lowest BCUT2D eigenvalue weighted by Gasteiger charge is -2.44. The number of carbonyl (C=O) groups excluding carboxylic acids is 3. The van der Waals surface area contributed by atoms with Gasteiger partial charge in [-0.05, 0) is 6.92 Å². The van der Waals surface area contributed by atoms with Gasteiger partial charge in [0, 0.05) is 12.6 Å². The smallest absolute Gasteiger partial charge is 0.347 e. The second-order valence-electron chi connectivity index (χ2n) is 7.89. The summed E-state index contributed by atoms with van der Waals surface area (Å²) in [5.74, 6) is -3.87. The third-order valence-corrected chi connectivity index (χ3v) is 6.94. The molecule has 0 aliphatic carbocycles. The number of aromatic nitrogens is 2. The van der Waals surface area contributed by atoms with E-state index in [2.05, 4.69) is 26.1 Å². The van der Waals surface area contributed by atoms with Crippen molar-refractivity contribution in [2.24, 2.45) is 5.16 Å². The molecule has 2 unspecified atom stereocenters. The molecule has 21 heteroatoms. The number of pyridine rings is 1. The summed E-state index contributed by atoms with van der Waals surface area (Å²) in [6, 6.07) is -2.17. The Morgan fingerprint density at radius 2 is 2.05 bits per heavy atom. The van der Waals surface area contributed by atoms with Gasteiger partial charge in [-0.2, -0.15) is 4.73 Å². The van der Waals surface area contributed by atoms with Crippen molar-refractivity contribution in [1.82, 2.24) is 30.0 Å². The average Bonchev–Trinajstić information content (AvgIpc) is 3.23. The van der Waals surface area contributed by atoms with E-state index in [0.717, 1.165) is 34.8 Å². The molecule has 1 saturated heterocycles. The quantitative estimate of drug-likeness (QED) is 0.0374. The molecule has 0 saturated carbocycles. The SMILES string of the molecule is CC(O/N=C(\C(=O)NC1C(=O)N(SO)[C@@H]1CNC(=O)NCc1cc(=O)c(O)cn1O)c1nc(N)sc1Cl)C(=O)O. The first-order chi connectivity index (χ1) is 18.8. The minimum Gasteiger partial charge on any atom is -0.503 e. The fourth-order valence-electron chi connectivity index (χ4n) is 3.14. The van der Waals surface area contributed by atoms with Gasteiger partial charge in [0.15, 0.2) is 16.6 Å². The van der Waals surface area contributed by atoms with Crippen molar-refractivity contribution < 1.29 is 44.0 Å². The van der Waals surface area contributed by atoms with Gasteiger partial charge in [0.25, 0.3) is 11.8 Å². The maximum Gasteiger partial charge on any atom is 0.347 e. The number of urea groups is 1. The lowest BCUT2D eigenvalue weighted by Crippen LogP contribution is -2.71. The molecule has 0 radical (unpaired) electrons. The van der Waals surface area contributed by atoms with E-state index in [1.807, 2.05) is 0 Å². The van der Waals surface area contributed by atoms with Crippen LogP contribution in [-0.4, -0.2) is 88.3 Å². The molecule has 1 aliphatic rings. The van der Waals surface area contributed by atoms with Crippen molar-refractivity contribution in [2.75, 3.05) is 12.3 Å². The molecule has 3 atom stereocenters. The second-order valence-corrected chi connectivity index (χ2v) is 10.1. The van der Waals surface area contributed by atoms with Crippen molar-refractivity contribution in [3.05, 3.63) is 38.2 Å². The maximum absolute atomic E-state index is 13.0. The van der Waals surface area contributed by atoms with Crippen LogP contribution in [0.25, 0.3) is 0 Å². The summed E-state index contributed by atoms with van der Waals surface area (Å²) < 4.78 is 10.7. The van der Waals surface area contributed by atoms with Crippen LogP contribution in [-0.2, 0) is 25.8 Å². The normalized spacial score (nSPS) is 17.5. The fourth-order valence-corrected chi connectivity index (χ4v) is 4.58. The van der Waals surface area contributed by atoms with Gasteiger partial charge in [-0.15, -0.1) is 0 Å². The van der Waals surface area contributed by atoms with Gasteiger partial charge in [-0.25, -0.2) is 14.6 Å². The van der Waals surface area contributed by atoms with Gasteiger partial charge in [0.2, 0.25) is 11.5 Å². The first kappa shape index (κ1) is 30.3. The van der Waals surface area contributed by atoms with Crippen molar-refractivity contribution in [3.63, 3.8) is 0 Å². The van der Waals surface area contributed by atoms with E-state index < -0.39 is 58.9 Å².